The summed E-state index contributed by atoms with van der Waals surface area (Å²) in [5, 5.41) is 7.30. The second kappa shape index (κ2) is 24.2. The average molecular weight is 1090 g/mol. The lowest BCUT2D eigenvalue weighted by Crippen LogP contribution is -2.52. The number of ether oxygens (including phenoxy) is 1. The summed E-state index contributed by atoms with van der Waals surface area (Å²) in [6.45, 7) is 16.0. The van der Waals surface area contributed by atoms with Crippen molar-refractivity contribution in [3.05, 3.63) is 119 Å². The second-order valence-corrected chi connectivity index (χ2v) is 25.2. The molecule has 0 saturated carbocycles. The maximum Gasteiger partial charge on any atom is 0.501 e. The van der Waals surface area contributed by atoms with Crippen LogP contribution in [0.25, 0.3) is 5.57 Å². The number of sulfone groups is 1. The van der Waals surface area contributed by atoms with Crippen molar-refractivity contribution in [3.63, 3.8) is 0 Å². The molecular weight excluding hydrogens is 1020 g/mol. The van der Waals surface area contributed by atoms with E-state index in [2.05, 4.69) is 56.2 Å². The summed E-state index contributed by atoms with van der Waals surface area (Å²) in [6.07, 6.45) is 4.41. The standard InChI is InChI=1S/C53H67ClF3N7O6S3/c1-39-35-63(25-22-58-39)38-52(2)21-19-48(40-9-13-43(54)14-10-40)42(34-52)36-62-26-28-64(29-27-62)45-15-11-41(12-16-45)51(65)60-73(68,69)47-17-18-49(50(33-47)72(66,67)53(55,56)57)59-44(37-71-46-7-4-3-5-8-46)20-24-61-23-6-31-70-32-30-61/h3-5,7-18,33,39,44,58-59H,6,19-32,34-38H2,1-2H3,(H,60,65)/t39-,44?,52+/m0/s1. The zero-order valence-corrected chi connectivity index (χ0v) is 44.7. The molecule has 0 aromatic heterocycles. The SMILES string of the molecule is C[C@H]1CN(C[C@]2(C)CCC(c3ccc(Cl)cc3)=C(CN3CCN(c4ccc(C(=O)NS(=O)(=O)c5ccc(NC(CCN6CCCOCC6)CSc6ccccc6)c(S(=O)(=O)C(F)(F)F)c5)cc4)CC3)C2)CCN1. The number of thioether (sulfide) groups is 1. The Morgan fingerprint density at radius 1 is 0.890 bits per heavy atom. The zero-order valence-electron chi connectivity index (χ0n) is 41.5. The van der Waals surface area contributed by atoms with Crippen LogP contribution in [0.4, 0.5) is 24.5 Å². The number of sulfonamides is 1. The molecule has 3 heterocycles. The normalized spacial score (nSPS) is 21.7. The van der Waals surface area contributed by atoms with E-state index in [1.807, 2.05) is 47.2 Å². The van der Waals surface area contributed by atoms with Gasteiger partial charge in [-0.2, -0.15) is 13.2 Å². The number of alkyl halides is 3. The number of piperazine rings is 2. The van der Waals surface area contributed by atoms with E-state index in [1.54, 1.807) is 12.1 Å². The van der Waals surface area contributed by atoms with Crippen LogP contribution in [0.15, 0.2) is 117 Å². The van der Waals surface area contributed by atoms with Gasteiger partial charge in [-0.05, 0) is 122 Å². The number of rotatable bonds is 18. The van der Waals surface area contributed by atoms with Crippen LogP contribution in [0, 0.1) is 5.41 Å². The minimum atomic E-state index is -6.07. The Hall–Kier alpha value is -4.18. The predicted octanol–water partition coefficient (Wildman–Crippen LogP) is 8.50. The fraction of sp³-hybridized carbons (Fsp3) is 0.491. The number of hydrogen-bond donors (Lipinski definition) is 3. The summed E-state index contributed by atoms with van der Waals surface area (Å²) < 4.78 is 104. The topological polar surface area (TPSA) is 144 Å². The van der Waals surface area contributed by atoms with Crippen LogP contribution >= 0.6 is 23.4 Å². The molecule has 0 radical (unpaired) electrons. The molecule has 3 atom stereocenters. The van der Waals surface area contributed by atoms with Crippen molar-refractivity contribution in [2.45, 2.75) is 78.2 Å². The van der Waals surface area contributed by atoms with Crippen LogP contribution in [-0.2, 0) is 24.6 Å². The summed E-state index contributed by atoms with van der Waals surface area (Å²) in [4.78, 5) is 21.8. The van der Waals surface area contributed by atoms with Crippen molar-refractivity contribution in [3.8, 4) is 0 Å². The first kappa shape index (κ1) is 55.1. The lowest BCUT2D eigenvalue weighted by atomic mass is 9.71. The van der Waals surface area contributed by atoms with Crippen molar-refractivity contribution >= 4 is 66.1 Å². The molecule has 3 N–H and O–H groups in total. The highest BCUT2D eigenvalue weighted by atomic mass is 35.5. The molecule has 0 bridgehead atoms. The number of halogens is 4. The van der Waals surface area contributed by atoms with E-state index in [-0.39, 0.29) is 11.0 Å². The molecule has 3 saturated heterocycles. The van der Waals surface area contributed by atoms with Crippen LogP contribution in [0.1, 0.15) is 61.9 Å². The third-order valence-electron chi connectivity index (χ3n) is 14.3. The lowest BCUT2D eigenvalue weighted by molar-refractivity contribution is -0.0435. The van der Waals surface area contributed by atoms with E-state index >= 15 is 0 Å². The number of amides is 1. The number of anilines is 2. The molecule has 3 fully saturated rings. The Morgan fingerprint density at radius 2 is 1.63 bits per heavy atom. The number of nitrogens with zero attached hydrogens (tertiary/aromatic N) is 4. The molecule has 4 aromatic carbocycles. The van der Waals surface area contributed by atoms with Crippen molar-refractivity contribution in [2.75, 3.05) is 108 Å². The van der Waals surface area contributed by atoms with Crippen molar-refractivity contribution in [1.82, 2.24) is 24.7 Å². The third kappa shape index (κ3) is 14.6. The van der Waals surface area contributed by atoms with Gasteiger partial charge < -0.3 is 25.2 Å². The van der Waals surface area contributed by atoms with Crippen LogP contribution in [0.5, 0.6) is 0 Å². The van der Waals surface area contributed by atoms with Crippen LogP contribution in [0.3, 0.4) is 0 Å². The summed E-state index contributed by atoms with van der Waals surface area (Å²) in [6, 6.07) is 26.5. The number of carbonyl (C=O) groups is 1. The first-order chi connectivity index (χ1) is 34.8. The maximum atomic E-state index is 14.3. The molecule has 1 aliphatic carbocycles. The van der Waals surface area contributed by atoms with E-state index in [1.165, 1.54) is 40.6 Å². The number of benzene rings is 4. The van der Waals surface area contributed by atoms with Gasteiger partial charge in [-0.15, -0.1) is 11.8 Å². The molecule has 4 aromatic rings. The van der Waals surface area contributed by atoms with Gasteiger partial charge in [0.05, 0.1) is 17.2 Å². The Bertz CT molecular complexity index is 2760. The van der Waals surface area contributed by atoms with Crippen LogP contribution in [0.2, 0.25) is 5.02 Å². The fourth-order valence-corrected chi connectivity index (χ4v) is 13.6. The monoisotopic (exact) mass is 1090 g/mol. The molecule has 8 rings (SSSR count). The number of allylic oxidation sites excluding steroid dienone is 1. The predicted molar refractivity (Wildman–Crippen MR) is 285 cm³/mol. The number of nitrogens with one attached hydrogen (secondary N) is 3. The largest absolute Gasteiger partial charge is 0.501 e. The smallest absolute Gasteiger partial charge is 0.380 e. The highest BCUT2D eigenvalue weighted by molar-refractivity contribution is 7.99. The van der Waals surface area contributed by atoms with Crippen molar-refractivity contribution in [2.24, 2.45) is 5.41 Å². The molecule has 3 aliphatic heterocycles. The average Bonchev–Trinajstić information content (AvgIpc) is 3.64. The van der Waals surface area contributed by atoms with E-state index in [0.29, 0.717) is 55.6 Å². The number of hydrogen-bond acceptors (Lipinski definition) is 13. The fourth-order valence-electron chi connectivity index (χ4n) is 10.4. The Balaban J connectivity index is 0.921. The number of carbonyl (C=O) groups excluding carboxylic acids is 1. The van der Waals surface area contributed by atoms with Crippen LogP contribution in [-0.4, -0.2) is 153 Å². The molecule has 396 valence electrons. The Kier molecular flexibility index (Phi) is 18.3. The highest BCUT2D eigenvalue weighted by Gasteiger charge is 2.48. The van der Waals surface area contributed by atoms with Gasteiger partial charge in [0.15, 0.2) is 0 Å². The Labute approximate surface area is 438 Å². The molecule has 13 nitrogen and oxygen atoms in total. The van der Waals surface area contributed by atoms with Gasteiger partial charge in [-0.25, -0.2) is 21.6 Å². The van der Waals surface area contributed by atoms with Gasteiger partial charge in [0.25, 0.3) is 25.8 Å². The van der Waals surface area contributed by atoms with Gasteiger partial charge in [-0.3, -0.25) is 14.6 Å². The van der Waals surface area contributed by atoms with Gasteiger partial charge in [0, 0.05) is 124 Å². The second-order valence-electron chi connectivity index (χ2n) is 20.1. The van der Waals surface area contributed by atoms with Gasteiger partial charge >= 0.3 is 5.51 Å². The van der Waals surface area contributed by atoms with E-state index in [9.17, 15) is 34.8 Å². The highest BCUT2D eigenvalue weighted by Crippen LogP contribution is 2.44. The van der Waals surface area contributed by atoms with Crippen molar-refractivity contribution < 1.29 is 39.5 Å². The minimum absolute atomic E-state index is 0.000555. The van der Waals surface area contributed by atoms with Crippen LogP contribution < -0.4 is 20.3 Å². The first-order valence-electron chi connectivity index (χ1n) is 25.1. The Morgan fingerprint density at radius 3 is 2.34 bits per heavy atom. The summed E-state index contributed by atoms with van der Waals surface area (Å²) in [5.41, 5.74) is -1.04. The maximum absolute atomic E-state index is 14.3. The zero-order chi connectivity index (χ0) is 51.8. The van der Waals surface area contributed by atoms with Crippen molar-refractivity contribution in [1.29, 1.82) is 0 Å². The molecule has 0 spiro atoms. The molecule has 20 heteroatoms. The molecular formula is C53H67ClF3N7O6S3. The summed E-state index contributed by atoms with van der Waals surface area (Å²) >= 11 is 7.76. The van der Waals surface area contributed by atoms with Gasteiger partial charge in [0.2, 0.25) is 0 Å². The molecule has 4 aliphatic rings. The third-order valence-corrected chi connectivity index (χ3v) is 18.6. The minimum Gasteiger partial charge on any atom is -0.380 e. The summed E-state index contributed by atoms with van der Waals surface area (Å²) in [5.74, 6) is -0.654. The first-order valence-corrected chi connectivity index (χ1v) is 29.4. The van der Waals surface area contributed by atoms with E-state index in [4.69, 9.17) is 16.3 Å². The molecule has 1 amide bonds. The van der Waals surface area contributed by atoms with Gasteiger partial charge in [-0.1, -0.05) is 54.4 Å². The van der Waals surface area contributed by atoms with E-state index in [0.717, 1.165) is 114 Å². The summed E-state index contributed by atoms with van der Waals surface area (Å²) in [7, 11) is -10.9. The van der Waals surface area contributed by atoms with Gasteiger partial charge in [0.1, 0.15) is 4.90 Å². The molecule has 1 unspecified atom stereocenters. The van der Waals surface area contributed by atoms with E-state index < -0.39 is 52.8 Å². The molecule has 73 heavy (non-hydrogen) atoms. The quantitative estimate of drug-likeness (QED) is 0.0821. The lowest BCUT2D eigenvalue weighted by Gasteiger charge is -2.44.